The van der Waals surface area contributed by atoms with Crippen molar-refractivity contribution in [1.82, 2.24) is 0 Å². The highest BCUT2D eigenvalue weighted by Crippen LogP contribution is 2.70. The van der Waals surface area contributed by atoms with Crippen molar-refractivity contribution in [2.24, 2.45) is 39.4 Å². The number of allylic oxidation sites excluding steroid dienone is 1. The highest BCUT2D eigenvalue weighted by Gasteiger charge is 2.75. The Morgan fingerprint density at radius 2 is 1.64 bits per heavy atom. The molecule has 0 radical (unpaired) electrons. The summed E-state index contributed by atoms with van der Waals surface area (Å²) < 4.78 is 5.77. The number of hydrogen-bond acceptors (Lipinski definition) is 9. The van der Waals surface area contributed by atoms with Crippen molar-refractivity contribution in [3.63, 3.8) is 0 Å². The predicted molar refractivity (Wildman–Crippen MR) is 149 cm³/mol. The Morgan fingerprint density at radius 1 is 1.02 bits per heavy atom. The van der Waals surface area contributed by atoms with Crippen LogP contribution in [0.4, 0.5) is 0 Å². The lowest BCUT2D eigenvalue weighted by atomic mass is 9.42. The van der Waals surface area contributed by atoms with E-state index in [1.54, 1.807) is 27.7 Å². The van der Waals surface area contributed by atoms with Gasteiger partial charge in [-0.3, -0.25) is 24.0 Å². The van der Waals surface area contributed by atoms with Crippen LogP contribution in [0.5, 0.6) is 0 Å². The summed E-state index contributed by atoms with van der Waals surface area (Å²) in [7, 11) is 0. The van der Waals surface area contributed by atoms with Gasteiger partial charge in [0.1, 0.15) is 11.6 Å². The highest BCUT2D eigenvalue weighted by atomic mass is 16.5. The fourth-order valence-corrected chi connectivity index (χ4v) is 8.99. The zero-order valence-electron chi connectivity index (χ0n) is 25.4. The molecule has 230 valence electrons. The van der Waals surface area contributed by atoms with Gasteiger partial charge in [0.05, 0.1) is 23.5 Å². The molecule has 10 heteroatoms. The normalized spacial score (nSPS) is 39.8. The Morgan fingerprint density at radius 3 is 2.19 bits per heavy atom. The van der Waals surface area contributed by atoms with Crippen LogP contribution < -0.4 is 0 Å². The van der Waals surface area contributed by atoms with Gasteiger partial charge in [-0.2, -0.15) is 0 Å². The zero-order chi connectivity index (χ0) is 31.7. The minimum absolute atomic E-state index is 0.0369. The minimum atomic E-state index is -1.50. The molecule has 0 bridgehead atoms. The van der Waals surface area contributed by atoms with E-state index in [1.165, 1.54) is 19.9 Å². The number of hydrogen-bond donors (Lipinski definition) is 3. The number of rotatable bonds is 7. The minimum Gasteiger partial charge on any atom is -0.478 e. The van der Waals surface area contributed by atoms with Crippen molar-refractivity contribution < 1.29 is 48.8 Å². The molecule has 4 rings (SSSR count). The summed E-state index contributed by atoms with van der Waals surface area (Å²) in [4.78, 5) is 79.6. The Hall–Kier alpha value is -2.98. The second-order valence-electron chi connectivity index (χ2n) is 13.8. The SMILES string of the molecule is CC(=O)O[C@@H]1C(=O)C2=C(C(=O)C[C@H]3[C@@](C)(CO)C(=O)CC[C@]23C)[C@]2(C)C(=O)C[C@H]([C@H](C)C[C@H](O)/C=C(\C)C(=O)O)[C@@]12C. The van der Waals surface area contributed by atoms with Gasteiger partial charge in [-0.1, -0.05) is 27.7 Å². The number of aliphatic hydroxyl groups is 2. The van der Waals surface area contributed by atoms with E-state index in [4.69, 9.17) is 4.74 Å². The molecule has 2 saturated carbocycles. The molecule has 3 N–H and O–H groups in total. The standard InChI is InChI=1S/C32H42O10/c1-15(10-18(35)11-16(2)28(40)41)19-12-23(38)32(7)24-20(36)13-21-29(4,9-8-22(37)30(21,5)14-33)25(24)26(39)27(31(19,32)6)42-17(3)34/h11,15,18-19,21,27,33,35H,8-10,12-14H2,1-7H3,(H,40,41)/b16-11+/t15-,18+,19-,21-,27-,29+,30-,31+,32+/m1/s1. The molecule has 0 unspecified atom stereocenters. The van der Waals surface area contributed by atoms with E-state index in [0.717, 1.165) is 0 Å². The number of esters is 1. The highest BCUT2D eigenvalue weighted by molar-refractivity contribution is 6.18. The van der Waals surface area contributed by atoms with Crippen molar-refractivity contribution >= 4 is 35.1 Å². The van der Waals surface area contributed by atoms with Crippen LogP contribution in [0.3, 0.4) is 0 Å². The number of carboxylic acids is 1. The third-order valence-corrected chi connectivity index (χ3v) is 11.6. The van der Waals surface area contributed by atoms with Crippen molar-refractivity contribution in [2.75, 3.05) is 6.61 Å². The number of Topliss-reactive ketones (excluding diaryl/α,β-unsaturated/α-hetero) is 4. The average Bonchev–Trinajstić information content (AvgIpc) is 3.11. The number of ether oxygens (including phenoxy) is 1. The number of carbonyl (C=O) groups excluding carboxylic acids is 5. The van der Waals surface area contributed by atoms with E-state index in [2.05, 4.69) is 0 Å². The molecule has 0 saturated heterocycles. The molecule has 4 aliphatic carbocycles. The Bertz CT molecular complexity index is 1340. The van der Waals surface area contributed by atoms with Crippen LogP contribution in [0.2, 0.25) is 0 Å². The summed E-state index contributed by atoms with van der Waals surface area (Å²) in [5.41, 5.74) is -4.92. The summed E-state index contributed by atoms with van der Waals surface area (Å²) in [5.74, 6) is -5.06. The molecule has 10 nitrogen and oxygen atoms in total. The lowest BCUT2D eigenvalue weighted by molar-refractivity contribution is -0.176. The van der Waals surface area contributed by atoms with Crippen molar-refractivity contribution in [1.29, 1.82) is 0 Å². The number of aliphatic carboxylic acids is 1. The fourth-order valence-electron chi connectivity index (χ4n) is 8.99. The Balaban J connectivity index is 1.92. The fraction of sp³-hybridized carbons (Fsp3) is 0.688. The van der Waals surface area contributed by atoms with Crippen LogP contribution in [-0.4, -0.2) is 69.2 Å². The summed E-state index contributed by atoms with van der Waals surface area (Å²) in [6, 6.07) is 0. The average molecular weight is 587 g/mol. The number of ketones is 4. The molecular formula is C32H42O10. The smallest absolute Gasteiger partial charge is 0.331 e. The van der Waals surface area contributed by atoms with Gasteiger partial charge in [-0.25, -0.2) is 4.79 Å². The van der Waals surface area contributed by atoms with Crippen molar-refractivity contribution in [3.05, 3.63) is 22.8 Å². The molecule has 9 atom stereocenters. The monoisotopic (exact) mass is 586 g/mol. The molecule has 0 aromatic carbocycles. The summed E-state index contributed by atoms with van der Waals surface area (Å²) >= 11 is 0. The summed E-state index contributed by atoms with van der Waals surface area (Å²) in [5, 5.41) is 30.2. The first-order valence-electron chi connectivity index (χ1n) is 14.6. The van der Waals surface area contributed by atoms with Gasteiger partial charge < -0.3 is 20.1 Å². The third kappa shape index (κ3) is 4.19. The van der Waals surface area contributed by atoms with Crippen LogP contribution >= 0.6 is 0 Å². The predicted octanol–water partition coefficient (Wildman–Crippen LogP) is 2.77. The first-order valence-corrected chi connectivity index (χ1v) is 14.6. The van der Waals surface area contributed by atoms with Gasteiger partial charge in [0, 0.05) is 53.7 Å². The lowest BCUT2D eigenvalue weighted by Crippen LogP contribution is -2.65. The Kier molecular flexibility index (Phi) is 7.86. The second-order valence-corrected chi connectivity index (χ2v) is 13.8. The maximum atomic E-state index is 14.6. The number of carboxylic acid groups (broad SMARTS) is 1. The number of carbonyl (C=O) groups is 6. The quantitative estimate of drug-likeness (QED) is 0.297. The van der Waals surface area contributed by atoms with Crippen molar-refractivity contribution in [3.8, 4) is 0 Å². The van der Waals surface area contributed by atoms with Gasteiger partial charge in [0.15, 0.2) is 11.9 Å². The van der Waals surface area contributed by atoms with Crippen LogP contribution in [0, 0.1) is 39.4 Å². The first kappa shape index (κ1) is 31.9. The number of fused-ring (bicyclic) bond motifs is 4. The Labute approximate surface area is 245 Å². The van der Waals surface area contributed by atoms with E-state index in [0.29, 0.717) is 0 Å². The van der Waals surface area contributed by atoms with Crippen LogP contribution in [0.15, 0.2) is 22.8 Å². The molecule has 0 aromatic heterocycles. The van der Waals surface area contributed by atoms with Gasteiger partial charge >= 0.3 is 11.9 Å². The molecule has 0 aliphatic heterocycles. The van der Waals surface area contributed by atoms with Gasteiger partial charge in [0.2, 0.25) is 5.78 Å². The molecule has 0 amide bonds. The summed E-state index contributed by atoms with van der Waals surface area (Å²) in [6.45, 7) is 10.6. The maximum Gasteiger partial charge on any atom is 0.331 e. The van der Waals surface area contributed by atoms with E-state index >= 15 is 0 Å². The van der Waals surface area contributed by atoms with E-state index in [1.807, 2.05) is 6.92 Å². The molecule has 42 heavy (non-hydrogen) atoms. The number of aliphatic hydroxyl groups excluding tert-OH is 2. The van der Waals surface area contributed by atoms with E-state index < -0.39 is 81.7 Å². The van der Waals surface area contributed by atoms with Gasteiger partial charge in [-0.15, -0.1) is 0 Å². The van der Waals surface area contributed by atoms with Crippen molar-refractivity contribution in [2.45, 2.75) is 92.8 Å². The van der Waals surface area contributed by atoms with Gasteiger partial charge in [-0.05, 0) is 50.5 Å². The zero-order valence-corrected chi connectivity index (χ0v) is 25.4. The van der Waals surface area contributed by atoms with Gasteiger partial charge in [0.25, 0.3) is 0 Å². The molecule has 4 aliphatic rings. The molecular weight excluding hydrogens is 544 g/mol. The van der Waals surface area contributed by atoms with Crippen LogP contribution in [0.25, 0.3) is 0 Å². The molecule has 0 spiro atoms. The topological polar surface area (TPSA) is 172 Å². The van der Waals surface area contributed by atoms with Crippen LogP contribution in [-0.2, 0) is 33.5 Å². The summed E-state index contributed by atoms with van der Waals surface area (Å²) in [6.07, 6.45) is -1.07. The molecule has 0 heterocycles. The van der Waals surface area contributed by atoms with E-state index in [9.17, 15) is 44.1 Å². The van der Waals surface area contributed by atoms with E-state index in [-0.39, 0.29) is 60.4 Å². The molecule has 0 aromatic rings. The maximum absolute atomic E-state index is 14.6. The first-order chi connectivity index (χ1) is 19.3. The lowest BCUT2D eigenvalue weighted by Gasteiger charge is -2.60. The third-order valence-electron chi connectivity index (χ3n) is 11.6. The molecule has 2 fully saturated rings. The largest absolute Gasteiger partial charge is 0.478 e. The second kappa shape index (κ2) is 10.3. The van der Waals surface area contributed by atoms with Crippen LogP contribution in [0.1, 0.15) is 80.6 Å².